The van der Waals surface area contributed by atoms with Crippen LogP contribution in [-0.2, 0) is 21.7 Å². The van der Waals surface area contributed by atoms with Crippen molar-refractivity contribution in [2.45, 2.75) is 146 Å². The Labute approximate surface area is 412 Å². The van der Waals surface area contributed by atoms with E-state index in [1.54, 1.807) is 5.56 Å². The molecule has 0 radical (unpaired) electrons. The second-order valence-corrected chi connectivity index (χ2v) is 24.5. The Hall–Kier alpha value is -6.00. The molecule has 2 fully saturated rings. The highest BCUT2D eigenvalue weighted by molar-refractivity contribution is 7.00. The van der Waals surface area contributed by atoms with Crippen molar-refractivity contribution in [3.05, 3.63) is 179 Å². The van der Waals surface area contributed by atoms with Crippen LogP contribution < -0.4 is 31.1 Å². The van der Waals surface area contributed by atoms with Gasteiger partial charge in [-0.1, -0.05) is 189 Å². The molecule has 6 aliphatic rings. The molecule has 0 aromatic heterocycles. The van der Waals surface area contributed by atoms with E-state index in [1.165, 1.54) is 128 Å². The summed E-state index contributed by atoms with van der Waals surface area (Å²) in [4.78, 5) is 8.51. The first-order chi connectivity index (χ1) is 33.1. The fraction of sp³-hybridized carbons (Fsp3) is 0.354. The van der Waals surface area contributed by atoms with Gasteiger partial charge in [-0.2, -0.15) is 0 Å². The first kappa shape index (κ1) is 43.1. The molecule has 4 atom stereocenters. The minimum absolute atomic E-state index is 0.0171. The van der Waals surface area contributed by atoms with Gasteiger partial charge in [0.2, 0.25) is 0 Å². The summed E-state index contributed by atoms with van der Waals surface area (Å²) in [5, 5.41) is 0. The summed E-state index contributed by atoms with van der Waals surface area (Å²) in [6.07, 6.45) is 9.59. The molecule has 0 N–H and O–H groups in total. The molecule has 4 heterocycles. The Balaban J connectivity index is 1.17. The van der Waals surface area contributed by atoms with E-state index in [-0.39, 0.29) is 39.5 Å². The Morgan fingerprint density at radius 2 is 1.07 bits per heavy atom. The lowest BCUT2D eigenvalue weighted by Crippen LogP contribution is -2.64. The van der Waals surface area contributed by atoms with Crippen molar-refractivity contribution in [1.29, 1.82) is 0 Å². The van der Waals surface area contributed by atoms with Crippen molar-refractivity contribution in [3.8, 4) is 11.1 Å². The van der Waals surface area contributed by atoms with Crippen molar-refractivity contribution in [2.24, 2.45) is 0 Å². The van der Waals surface area contributed by atoms with Gasteiger partial charge in [-0.15, -0.1) is 0 Å². The number of rotatable bonds is 4. The first-order valence-electron chi connectivity index (χ1n) is 26.3. The average molecular weight is 902 g/mol. The van der Waals surface area contributed by atoms with Crippen LogP contribution in [-0.4, -0.2) is 17.8 Å². The van der Waals surface area contributed by atoms with Gasteiger partial charge in [0.25, 0.3) is 6.71 Å². The normalized spacial score (nSPS) is 25.1. The molecular formula is C65H68BN3. The van der Waals surface area contributed by atoms with E-state index in [9.17, 15) is 0 Å². The van der Waals surface area contributed by atoms with Gasteiger partial charge in [-0.3, -0.25) is 0 Å². The average Bonchev–Trinajstić information content (AvgIpc) is 3.72. The predicted molar refractivity (Wildman–Crippen MR) is 294 cm³/mol. The fourth-order valence-corrected chi connectivity index (χ4v) is 15.3. The summed E-state index contributed by atoms with van der Waals surface area (Å²) in [5.41, 5.74) is 23.0. The van der Waals surface area contributed by atoms with Crippen LogP contribution in [0.5, 0.6) is 0 Å². The molecule has 7 aromatic rings. The molecule has 0 spiro atoms. The maximum absolute atomic E-state index is 2.93. The van der Waals surface area contributed by atoms with Gasteiger partial charge < -0.3 is 14.7 Å². The zero-order valence-corrected chi connectivity index (χ0v) is 42.5. The van der Waals surface area contributed by atoms with Crippen LogP contribution in [0.1, 0.15) is 141 Å². The highest BCUT2D eigenvalue weighted by atomic mass is 15.3. The van der Waals surface area contributed by atoms with Crippen LogP contribution in [0.3, 0.4) is 0 Å². The second-order valence-electron chi connectivity index (χ2n) is 24.5. The summed E-state index contributed by atoms with van der Waals surface area (Å²) in [6, 6.07) is 60.0. The Bertz CT molecular complexity index is 3230. The van der Waals surface area contributed by atoms with E-state index in [4.69, 9.17) is 0 Å². The fourth-order valence-electron chi connectivity index (χ4n) is 15.3. The number of para-hydroxylation sites is 2. The zero-order valence-electron chi connectivity index (χ0n) is 42.5. The van der Waals surface area contributed by atoms with Crippen molar-refractivity contribution < 1.29 is 0 Å². The van der Waals surface area contributed by atoms with Gasteiger partial charge in [0, 0.05) is 50.5 Å². The van der Waals surface area contributed by atoms with Crippen molar-refractivity contribution in [3.63, 3.8) is 0 Å². The van der Waals surface area contributed by atoms with Crippen LogP contribution in [0.15, 0.2) is 152 Å². The Kier molecular flexibility index (Phi) is 9.07. The van der Waals surface area contributed by atoms with Gasteiger partial charge >= 0.3 is 0 Å². The zero-order chi connectivity index (χ0) is 47.5. The summed E-state index contributed by atoms with van der Waals surface area (Å²) >= 11 is 0. The molecule has 4 heteroatoms. The minimum Gasteiger partial charge on any atom is -0.335 e. The van der Waals surface area contributed by atoms with Crippen LogP contribution in [0, 0.1) is 0 Å². The van der Waals surface area contributed by atoms with Crippen molar-refractivity contribution in [2.75, 3.05) is 14.7 Å². The molecule has 0 saturated heterocycles. The van der Waals surface area contributed by atoms with Gasteiger partial charge in [-0.05, 0) is 137 Å². The second kappa shape index (κ2) is 14.5. The molecule has 0 amide bonds. The van der Waals surface area contributed by atoms with Gasteiger partial charge in [0.1, 0.15) is 0 Å². The lowest BCUT2D eigenvalue weighted by Gasteiger charge is -2.54. The van der Waals surface area contributed by atoms with Crippen LogP contribution in [0.25, 0.3) is 11.1 Å². The SMILES string of the molecule is CC(C)(C)c1ccc2c(c1)B1c3cccc4c3N(c3cc(N5c6ccccc6C6(c7ccccc7)CCCCC56C)cc(c31)N2c1ccc(C(C)(C)C)cc1-c1ccccc1)C1(C)CCCCC41C. The molecule has 346 valence electrons. The van der Waals surface area contributed by atoms with E-state index in [2.05, 4.69) is 229 Å². The van der Waals surface area contributed by atoms with Crippen LogP contribution >= 0.6 is 0 Å². The molecule has 2 aliphatic carbocycles. The standard InChI is InChI=1S/C65H68BN3/c1-60(2,3)45-31-33-53(48(39-45)43-23-12-10-13-24-43)67-55-34-32-46(61(4,5)6)40-52(55)66-51-29-22-28-50-59(51)69(63(8)36-19-18-35-62(50,63)7)57-42-47(41-56(67)58(57)66)68-54-30-17-16-27-49(54)65(44-25-14-11-15-26-44)38-21-20-37-64(65,68)9/h10-17,22-34,39-42H,18-21,35-38H2,1-9H3. The molecule has 69 heavy (non-hydrogen) atoms. The highest BCUT2D eigenvalue weighted by Gasteiger charge is 2.64. The number of nitrogens with zero attached hydrogens (tertiary/aromatic N) is 3. The Morgan fingerprint density at radius 1 is 0.464 bits per heavy atom. The quantitative estimate of drug-likeness (QED) is 0.163. The van der Waals surface area contributed by atoms with E-state index in [0.29, 0.717) is 0 Å². The number of fused-ring (bicyclic) bond motifs is 10. The topological polar surface area (TPSA) is 9.72 Å². The third kappa shape index (κ3) is 5.64. The van der Waals surface area contributed by atoms with E-state index >= 15 is 0 Å². The van der Waals surface area contributed by atoms with Gasteiger partial charge in [0.15, 0.2) is 0 Å². The molecule has 2 saturated carbocycles. The Morgan fingerprint density at radius 3 is 1.81 bits per heavy atom. The summed E-state index contributed by atoms with van der Waals surface area (Å²) < 4.78 is 0. The van der Waals surface area contributed by atoms with Crippen molar-refractivity contribution >= 4 is 62.9 Å². The molecular weight excluding hydrogens is 834 g/mol. The number of benzene rings is 7. The van der Waals surface area contributed by atoms with E-state index < -0.39 is 0 Å². The monoisotopic (exact) mass is 902 g/mol. The number of hydrogen-bond donors (Lipinski definition) is 0. The number of anilines is 7. The summed E-state index contributed by atoms with van der Waals surface area (Å²) in [6.45, 7) is 22.1. The van der Waals surface area contributed by atoms with E-state index in [0.717, 1.165) is 12.8 Å². The largest absolute Gasteiger partial charge is 0.335 e. The first-order valence-corrected chi connectivity index (χ1v) is 26.3. The highest BCUT2D eigenvalue weighted by Crippen LogP contribution is 2.66. The van der Waals surface area contributed by atoms with Crippen molar-refractivity contribution in [1.82, 2.24) is 0 Å². The lowest BCUT2D eigenvalue weighted by atomic mass is 9.33. The molecule has 13 rings (SSSR count). The molecule has 7 aromatic carbocycles. The molecule has 3 nitrogen and oxygen atoms in total. The lowest BCUT2D eigenvalue weighted by molar-refractivity contribution is 0.195. The molecule has 4 aliphatic heterocycles. The third-order valence-corrected chi connectivity index (χ3v) is 19.0. The van der Waals surface area contributed by atoms with Crippen LogP contribution in [0.4, 0.5) is 39.8 Å². The van der Waals surface area contributed by atoms with Gasteiger partial charge in [-0.25, -0.2) is 0 Å². The minimum atomic E-state index is -0.203. The maximum Gasteiger partial charge on any atom is 0.252 e. The van der Waals surface area contributed by atoms with E-state index in [1.807, 2.05) is 0 Å². The predicted octanol–water partition coefficient (Wildman–Crippen LogP) is 15.1. The summed E-state index contributed by atoms with van der Waals surface area (Å²) in [7, 11) is 0. The number of hydrogen-bond acceptors (Lipinski definition) is 3. The summed E-state index contributed by atoms with van der Waals surface area (Å²) in [5.74, 6) is 0. The maximum atomic E-state index is 2.93. The molecule has 0 bridgehead atoms. The van der Waals surface area contributed by atoms with Gasteiger partial charge in [0.05, 0.1) is 16.8 Å². The van der Waals surface area contributed by atoms with Crippen LogP contribution in [0.2, 0.25) is 0 Å². The third-order valence-electron chi connectivity index (χ3n) is 19.0. The smallest absolute Gasteiger partial charge is 0.252 e. The molecule has 4 unspecified atom stereocenters.